The highest BCUT2D eigenvalue weighted by atomic mass is 16.6. The van der Waals surface area contributed by atoms with E-state index in [9.17, 15) is 19.5 Å². The highest BCUT2D eigenvalue weighted by Crippen LogP contribution is 2.37. The van der Waals surface area contributed by atoms with E-state index in [-0.39, 0.29) is 24.2 Å². The van der Waals surface area contributed by atoms with Gasteiger partial charge < -0.3 is 14.6 Å². The van der Waals surface area contributed by atoms with Gasteiger partial charge in [-0.1, -0.05) is 18.2 Å². The van der Waals surface area contributed by atoms with Gasteiger partial charge in [0.05, 0.1) is 5.92 Å². The number of allylic oxidation sites excluding steroid dienone is 2. The van der Waals surface area contributed by atoms with Gasteiger partial charge in [-0.3, -0.25) is 4.79 Å². The standard InChI is InChI=1S/C20H26O6/c1-6-12(3)18(22)26-15-10-20(5,24)16(21)8-7-11(2)9-14-17(15)13(4)19(23)25-14/h6,9,14-15,17,24H,4,7-8,10H2,1-3,5H3/b11-9+,12-6+/t14-,15-,17+,20-/m1/s1. The summed E-state index contributed by atoms with van der Waals surface area (Å²) in [6.07, 6.45) is 2.33. The molecule has 6 nitrogen and oxygen atoms in total. The zero-order chi connectivity index (χ0) is 19.6. The van der Waals surface area contributed by atoms with E-state index in [4.69, 9.17) is 9.47 Å². The van der Waals surface area contributed by atoms with Crippen LogP contribution < -0.4 is 0 Å². The molecule has 26 heavy (non-hydrogen) atoms. The minimum atomic E-state index is -1.68. The van der Waals surface area contributed by atoms with Crippen LogP contribution in [-0.4, -0.2) is 40.6 Å². The van der Waals surface area contributed by atoms with Gasteiger partial charge in [0.25, 0.3) is 0 Å². The average molecular weight is 362 g/mol. The van der Waals surface area contributed by atoms with E-state index < -0.39 is 35.7 Å². The molecule has 6 heteroatoms. The van der Waals surface area contributed by atoms with Gasteiger partial charge in [0, 0.05) is 24.0 Å². The Hall–Kier alpha value is -2.21. The van der Waals surface area contributed by atoms with Crippen LogP contribution in [0.4, 0.5) is 0 Å². The number of carbonyl (C=O) groups is 3. The lowest BCUT2D eigenvalue weighted by molar-refractivity contribution is -0.155. The summed E-state index contributed by atoms with van der Waals surface area (Å²) in [5.41, 5.74) is -0.239. The van der Waals surface area contributed by atoms with E-state index in [1.165, 1.54) is 6.92 Å². The lowest BCUT2D eigenvalue weighted by Crippen LogP contribution is -2.44. The molecule has 0 saturated carbocycles. The monoisotopic (exact) mass is 362 g/mol. The largest absolute Gasteiger partial charge is 0.458 e. The highest BCUT2D eigenvalue weighted by Gasteiger charge is 2.48. The van der Waals surface area contributed by atoms with Gasteiger partial charge >= 0.3 is 11.9 Å². The Morgan fingerprint density at radius 2 is 2.08 bits per heavy atom. The summed E-state index contributed by atoms with van der Waals surface area (Å²) in [4.78, 5) is 36.8. The molecule has 1 aliphatic heterocycles. The number of ether oxygens (including phenoxy) is 2. The molecule has 0 unspecified atom stereocenters. The van der Waals surface area contributed by atoms with Crippen LogP contribution in [0.1, 0.15) is 47.0 Å². The molecule has 2 aliphatic rings. The summed E-state index contributed by atoms with van der Waals surface area (Å²) in [6.45, 7) is 10.3. The molecule has 0 aromatic heterocycles. The summed E-state index contributed by atoms with van der Waals surface area (Å²) in [6, 6.07) is 0. The normalized spacial score (nSPS) is 35.3. The first kappa shape index (κ1) is 20.1. The second-order valence-electron chi connectivity index (χ2n) is 7.25. The lowest BCUT2D eigenvalue weighted by Gasteiger charge is -2.32. The first-order chi connectivity index (χ1) is 12.1. The quantitative estimate of drug-likeness (QED) is 0.461. The number of rotatable bonds is 2. The molecule has 0 radical (unpaired) electrons. The van der Waals surface area contributed by atoms with Gasteiger partial charge in [-0.25, -0.2) is 9.59 Å². The Balaban J connectivity index is 2.47. The SMILES string of the molecule is C=C1C(=O)O[C@@H]2/C=C(\C)CCC(=O)[C@](C)(O)C[C@@H](OC(=O)/C(C)=C/C)[C@@H]12. The summed E-state index contributed by atoms with van der Waals surface area (Å²) >= 11 is 0. The number of hydrogen-bond donors (Lipinski definition) is 1. The molecule has 142 valence electrons. The molecule has 1 saturated heterocycles. The van der Waals surface area contributed by atoms with Crippen molar-refractivity contribution in [2.75, 3.05) is 0 Å². The summed E-state index contributed by atoms with van der Waals surface area (Å²) in [5, 5.41) is 10.7. The number of ketones is 1. The Labute approximate surface area is 153 Å². The van der Waals surface area contributed by atoms with Gasteiger partial charge in [0.1, 0.15) is 17.8 Å². The topological polar surface area (TPSA) is 89.9 Å². The lowest BCUT2D eigenvalue weighted by atomic mass is 9.80. The van der Waals surface area contributed by atoms with E-state index in [1.54, 1.807) is 26.0 Å². The third kappa shape index (κ3) is 4.12. The van der Waals surface area contributed by atoms with Crippen molar-refractivity contribution < 1.29 is 29.0 Å². The number of Topliss-reactive ketones (excluding diaryl/α,β-unsaturated/α-hetero) is 1. The zero-order valence-electron chi connectivity index (χ0n) is 15.7. The maximum Gasteiger partial charge on any atom is 0.334 e. The van der Waals surface area contributed by atoms with Crippen molar-refractivity contribution in [3.05, 3.63) is 35.5 Å². The first-order valence-corrected chi connectivity index (χ1v) is 8.73. The van der Waals surface area contributed by atoms with Crippen LogP contribution in [0.15, 0.2) is 35.5 Å². The number of hydrogen-bond acceptors (Lipinski definition) is 6. The molecular formula is C20H26O6. The van der Waals surface area contributed by atoms with Crippen LogP contribution in [0.3, 0.4) is 0 Å². The predicted molar refractivity (Wildman–Crippen MR) is 95.1 cm³/mol. The molecule has 0 aromatic carbocycles. The van der Waals surface area contributed by atoms with E-state index in [0.29, 0.717) is 12.0 Å². The molecule has 0 bridgehead atoms. The van der Waals surface area contributed by atoms with Crippen LogP contribution in [0, 0.1) is 5.92 Å². The molecule has 0 aromatic rings. The number of fused-ring (bicyclic) bond motifs is 1. The Morgan fingerprint density at radius 3 is 2.69 bits per heavy atom. The highest BCUT2D eigenvalue weighted by molar-refractivity contribution is 5.92. The second-order valence-corrected chi connectivity index (χ2v) is 7.25. The van der Waals surface area contributed by atoms with Crippen LogP contribution in [0.5, 0.6) is 0 Å². The van der Waals surface area contributed by atoms with Crippen LogP contribution in [0.2, 0.25) is 0 Å². The first-order valence-electron chi connectivity index (χ1n) is 8.73. The maximum absolute atomic E-state index is 12.4. The van der Waals surface area contributed by atoms with Gasteiger partial charge in [0.15, 0.2) is 5.78 Å². The number of aliphatic hydroxyl groups is 1. The second kappa shape index (κ2) is 7.58. The van der Waals surface area contributed by atoms with Crippen molar-refractivity contribution in [1.29, 1.82) is 0 Å². The summed E-state index contributed by atoms with van der Waals surface area (Å²) < 4.78 is 11.0. The van der Waals surface area contributed by atoms with E-state index in [0.717, 1.165) is 5.57 Å². The molecule has 1 heterocycles. The van der Waals surface area contributed by atoms with Gasteiger partial charge in [-0.15, -0.1) is 0 Å². The van der Waals surface area contributed by atoms with Crippen molar-refractivity contribution in [3.8, 4) is 0 Å². The van der Waals surface area contributed by atoms with Crippen LogP contribution in [0.25, 0.3) is 0 Å². The van der Waals surface area contributed by atoms with Crippen molar-refractivity contribution in [2.24, 2.45) is 5.92 Å². The average Bonchev–Trinajstić information content (AvgIpc) is 2.84. The minimum Gasteiger partial charge on any atom is -0.458 e. The Kier molecular flexibility index (Phi) is 5.86. The number of esters is 2. The minimum absolute atomic E-state index is 0.127. The summed E-state index contributed by atoms with van der Waals surface area (Å²) in [7, 11) is 0. The van der Waals surface area contributed by atoms with E-state index in [2.05, 4.69) is 6.58 Å². The third-order valence-electron chi connectivity index (χ3n) is 5.07. The van der Waals surface area contributed by atoms with Crippen molar-refractivity contribution in [1.82, 2.24) is 0 Å². The Bertz CT molecular complexity index is 697. The smallest absolute Gasteiger partial charge is 0.334 e. The zero-order valence-corrected chi connectivity index (χ0v) is 15.7. The van der Waals surface area contributed by atoms with Gasteiger partial charge in [-0.05, 0) is 40.2 Å². The predicted octanol–water partition coefficient (Wildman–Crippen LogP) is 2.41. The molecule has 2 rings (SSSR count). The van der Waals surface area contributed by atoms with Gasteiger partial charge in [-0.2, -0.15) is 0 Å². The molecule has 0 spiro atoms. The molecule has 1 N–H and O–H groups in total. The molecular weight excluding hydrogens is 336 g/mol. The van der Waals surface area contributed by atoms with Crippen molar-refractivity contribution in [3.63, 3.8) is 0 Å². The third-order valence-corrected chi connectivity index (χ3v) is 5.07. The van der Waals surface area contributed by atoms with Crippen LogP contribution in [-0.2, 0) is 23.9 Å². The van der Waals surface area contributed by atoms with E-state index >= 15 is 0 Å². The van der Waals surface area contributed by atoms with Crippen molar-refractivity contribution >= 4 is 17.7 Å². The molecule has 1 aliphatic carbocycles. The fourth-order valence-electron chi connectivity index (χ4n) is 3.22. The van der Waals surface area contributed by atoms with Crippen molar-refractivity contribution in [2.45, 2.75) is 64.8 Å². The van der Waals surface area contributed by atoms with Crippen LogP contribution >= 0.6 is 0 Å². The molecule has 0 amide bonds. The number of carbonyl (C=O) groups excluding carboxylic acids is 3. The molecule has 4 atom stereocenters. The fourth-order valence-corrected chi connectivity index (χ4v) is 3.22. The fraction of sp³-hybridized carbons (Fsp3) is 0.550. The molecule has 1 fully saturated rings. The van der Waals surface area contributed by atoms with Gasteiger partial charge in [0.2, 0.25) is 0 Å². The Morgan fingerprint density at radius 1 is 1.42 bits per heavy atom. The van der Waals surface area contributed by atoms with E-state index in [1.807, 2.05) is 6.92 Å². The summed E-state index contributed by atoms with van der Waals surface area (Å²) in [5.74, 6) is -2.10. The maximum atomic E-state index is 12.4.